The summed E-state index contributed by atoms with van der Waals surface area (Å²) in [7, 11) is 5.89. The molecule has 2 heterocycles. The van der Waals surface area contributed by atoms with Crippen LogP contribution in [-0.2, 0) is 26.1 Å². The number of carboxylic acids is 2. The number of unbranched alkanes of at least 4 members (excludes halogenated alkanes) is 4. The molecule has 0 amide bonds. The predicted molar refractivity (Wildman–Crippen MR) is 156 cm³/mol. The van der Waals surface area contributed by atoms with E-state index in [2.05, 4.69) is 27.7 Å². The summed E-state index contributed by atoms with van der Waals surface area (Å²) >= 11 is 11.2. The molecule has 0 aromatic carbocycles. The van der Waals surface area contributed by atoms with Crippen molar-refractivity contribution in [3.05, 3.63) is 0 Å². The molecule has 2 fully saturated rings. The SMILES string of the molecule is CCCC[N+](CCCC)(CCCC)CCCC.O=C([O-])C1(Cl)CSSC1.O=C([O-])C1(Cl)CSSC1.[Ni+]. The molecule has 1 radical (unpaired) electrons. The van der Waals surface area contributed by atoms with Gasteiger partial charge in [0, 0.05) is 23.0 Å². The fourth-order valence-corrected chi connectivity index (χ4v) is 10.6. The van der Waals surface area contributed by atoms with Crippen LogP contribution in [0.4, 0.5) is 0 Å². The average molecular weight is 668 g/mol. The van der Waals surface area contributed by atoms with Crippen molar-refractivity contribution < 1.29 is 40.8 Å². The molecule has 0 aromatic heterocycles. The molecule has 2 saturated heterocycles. The molecule has 217 valence electrons. The second-order valence-electron chi connectivity index (χ2n) is 9.20. The topological polar surface area (TPSA) is 80.3 Å². The maximum atomic E-state index is 10.3. The minimum absolute atomic E-state index is 0. The molecule has 0 aliphatic carbocycles. The number of aliphatic carboxylic acids is 2. The van der Waals surface area contributed by atoms with E-state index in [1.165, 1.54) is 125 Å². The molecule has 2 rings (SSSR count). The normalized spacial score (nSPS) is 17.7. The second kappa shape index (κ2) is 22.1. The van der Waals surface area contributed by atoms with Crippen LogP contribution in [0.15, 0.2) is 0 Å². The van der Waals surface area contributed by atoms with Crippen molar-refractivity contribution in [3.8, 4) is 0 Å². The van der Waals surface area contributed by atoms with Crippen LogP contribution in [0.3, 0.4) is 0 Å². The van der Waals surface area contributed by atoms with Crippen molar-refractivity contribution in [1.29, 1.82) is 0 Å². The molecular weight excluding hydrogens is 624 g/mol. The van der Waals surface area contributed by atoms with Gasteiger partial charge < -0.3 is 24.3 Å². The van der Waals surface area contributed by atoms with Crippen LogP contribution in [0, 0.1) is 0 Å². The Morgan fingerprint density at radius 3 is 1.00 bits per heavy atom. The van der Waals surface area contributed by atoms with Crippen LogP contribution in [0.2, 0.25) is 0 Å². The Bertz CT molecular complexity index is 527. The van der Waals surface area contributed by atoms with Gasteiger partial charge >= 0.3 is 16.5 Å². The number of alkyl halides is 2. The van der Waals surface area contributed by atoms with Crippen molar-refractivity contribution in [1.82, 2.24) is 0 Å². The van der Waals surface area contributed by atoms with Gasteiger partial charge in [0.15, 0.2) is 0 Å². The van der Waals surface area contributed by atoms with Crippen LogP contribution in [0.5, 0.6) is 0 Å². The van der Waals surface area contributed by atoms with Gasteiger partial charge in [-0.1, -0.05) is 96.6 Å². The number of carboxylic acid groups (broad SMARTS) is 2. The molecule has 2 aliphatic heterocycles. The Morgan fingerprint density at radius 2 is 0.861 bits per heavy atom. The Hall–Kier alpha value is 1.37. The molecular formula is C24H44Cl2NNiO4S4. The summed E-state index contributed by atoms with van der Waals surface area (Å²) < 4.78 is 1.42. The van der Waals surface area contributed by atoms with Gasteiger partial charge in [-0.3, -0.25) is 0 Å². The maximum Gasteiger partial charge on any atom is 1.00 e. The van der Waals surface area contributed by atoms with Gasteiger partial charge in [-0.15, -0.1) is 23.2 Å². The number of rotatable bonds is 14. The first-order valence-electron chi connectivity index (χ1n) is 12.7. The maximum absolute atomic E-state index is 10.3. The standard InChI is InChI=1S/C16H36N.2C4H5ClO2S2.Ni/c1-5-9-13-17(14-10-6-2,15-11-7-3)16-12-8-4;2*5-4(3(6)7)1-8-9-2-4;/h5-16H2,1-4H3;2*1-2H2,(H,6,7);/q+1;;;+1/p-2. The van der Waals surface area contributed by atoms with Gasteiger partial charge in [0.2, 0.25) is 0 Å². The van der Waals surface area contributed by atoms with E-state index in [-0.39, 0.29) is 16.5 Å². The third-order valence-corrected chi connectivity index (χ3v) is 12.7. The van der Waals surface area contributed by atoms with Crippen molar-refractivity contribution in [3.63, 3.8) is 0 Å². The molecule has 0 N–H and O–H groups in total. The summed E-state index contributed by atoms with van der Waals surface area (Å²) in [5.74, 6) is -0.519. The molecule has 0 atom stereocenters. The molecule has 36 heavy (non-hydrogen) atoms. The number of nitrogens with zero attached hydrogens (tertiary/aromatic N) is 1. The zero-order chi connectivity index (χ0) is 26.8. The van der Waals surface area contributed by atoms with E-state index in [1.807, 2.05) is 0 Å². The Kier molecular flexibility index (Phi) is 24.3. The van der Waals surface area contributed by atoms with Crippen LogP contribution in [0.25, 0.3) is 0 Å². The molecule has 2 aliphatic rings. The van der Waals surface area contributed by atoms with E-state index >= 15 is 0 Å². The zero-order valence-corrected chi connectivity index (χ0v) is 27.9. The van der Waals surface area contributed by atoms with Gasteiger partial charge in [0.25, 0.3) is 0 Å². The summed E-state index contributed by atoms with van der Waals surface area (Å²) in [6, 6.07) is 0. The van der Waals surface area contributed by atoms with Crippen LogP contribution < -0.4 is 10.2 Å². The van der Waals surface area contributed by atoms with Gasteiger partial charge in [-0.25, -0.2) is 0 Å². The van der Waals surface area contributed by atoms with Gasteiger partial charge in [-0.2, -0.15) is 0 Å². The second-order valence-corrected chi connectivity index (χ2v) is 15.6. The quantitative estimate of drug-likeness (QED) is 0.108. The van der Waals surface area contributed by atoms with E-state index in [9.17, 15) is 19.8 Å². The third-order valence-electron chi connectivity index (χ3n) is 5.99. The number of halogens is 2. The van der Waals surface area contributed by atoms with Crippen molar-refractivity contribution in [2.75, 3.05) is 49.2 Å². The Balaban J connectivity index is 0. The Morgan fingerprint density at radius 1 is 0.639 bits per heavy atom. The average Bonchev–Trinajstić information content (AvgIpc) is 3.49. The number of hydrogen-bond acceptors (Lipinski definition) is 8. The molecule has 0 saturated carbocycles. The smallest absolute Gasteiger partial charge is 0.548 e. The fourth-order valence-electron chi connectivity index (χ4n) is 3.50. The minimum atomic E-state index is -1.15. The molecule has 0 unspecified atom stereocenters. The molecule has 0 bridgehead atoms. The zero-order valence-electron chi connectivity index (χ0n) is 22.1. The summed E-state index contributed by atoms with van der Waals surface area (Å²) in [4.78, 5) is 18.3. The molecule has 0 aromatic rings. The monoisotopic (exact) mass is 666 g/mol. The minimum Gasteiger partial charge on any atom is -0.548 e. The largest absolute Gasteiger partial charge is 1.00 e. The van der Waals surface area contributed by atoms with Crippen LogP contribution in [0.1, 0.15) is 79.1 Å². The van der Waals surface area contributed by atoms with Gasteiger partial charge in [0.1, 0.15) is 9.75 Å². The molecule has 5 nitrogen and oxygen atoms in total. The Labute approximate surface area is 255 Å². The number of carbonyl (C=O) groups excluding carboxylic acids is 2. The first-order valence-corrected chi connectivity index (χ1v) is 18.4. The van der Waals surface area contributed by atoms with E-state index in [1.54, 1.807) is 0 Å². The summed E-state index contributed by atoms with van der Waals surface area (Å²) in [6.45, 7) is 15.0. The van der Waals surface area contributed by atoms with E-state index in [0.717, 1.165) is 0 Å². The number of hydrogen-bond donors (Lipinski definition) is 0. The number of quaternary nitrogens is 1. The fraction of sp³-hybridized carbons (Fsp3) is 0.917. The summed E-state index contributed by atoms with van der Waals surface area (Å²) in [5.41, 5.74) is 0. The van der Waals surface area contributed by atoms with Crippen molar-refractivity contribution >= 4 is 78.3 Å². The van der Waals surface area contributed by atoms with Crippen LogP contribution >= 0.6 is 66.4 Å². The van der Waals surface area contributed by atoms with Gasteiger partial charge in [0.05, 0.1) is 38.1 Å². The predicted octanol–water partition coefficient (Wildman–Crippen LogP) is 5.22. The van der Waals surface area contributed by atoms with E-state index in [4.69, 9.17) is 23.2 Å². The summed E-state index contributed by atoms with van der Waals surface area (Å²) in [6.07, 6.45) is 11.1. The van der Waals surface area contributed by atoms with Crippen LogP contribution in [-0.4, -0.2) is 75.4 Å². The van der Waals surface area contributed by atoms with E-state index < -0.39 is 21.7 Å². The third kappa shape index (κ3) is 15.8. The van der Waals surface area contributed by atoms with Crippen molar-refractivity contribution in [2.45, 2.75) is 88.8 Å². The molecule has 12 heteroatoms. The summed E-state index contributed by atoms with van der Waals surface area (Å²) in [5, 5.41) is 20.5. The van der Waals surface area contributed by atoms with Gasteiger partial charge in [-0.05, 0) is 25.7 Å². The number of carbonyl (C=O) groups is 2. The first-order chi connectivity index (χ1) is 16.5. The molecule has 0 spiro atoms. The first kappa shape index (κ1) is 39.5. The van der Waals surface area contributed by atoms with Crippen molar-refractivity contribution in [2.24, 2.45) is 0 Å². The van der Waals surface area contributed by atoms with E-state index in [0.29, 0.717) is 23.0 Å².